The van der Waals surface area contributed by atoms with E-state index in [2.05, 4.69) is 5.32 Å². The lowest BCUT2D eigenvalue weighted by atomic mass is 10.1. The summed E-state index contributed by atoms with van der Waals surface area (Å²) in [5.74, 6) is -1.28. The molecule has 3 aromatic rings. The number of carbonyl (C=O) groups is 1. The van der Waals surface area contributed by atoms with E-state index in [-0.39, 0.29) is 10.6 Å². The Morgan fingerprint density at radius 1 is 0.967 bits per heavy atom. The first-order valence-electron chi connectivity index (χ1n) is 9.55. The van der Waals surface area contributed by atoms with Crippen molar-refractivity contribution < 1.29 is 17.6 Å². The first-order chi connectivity index (χ1) is 14.3. The lowest BCUT2D eigenvalue weighted by Crippen LogP contribution is -2.38. The Bertz CT molecular complexity index is 1150. The standard InChI is InChI=1S/C23H23FN2O3S/c1-3-18-11-9-10-17(2)23(18)25-22(27)16-26(21-15-8-7-14-20(21)24)30(28,29)19-12-5-4-6-13-19/h4-15H,3,16H2,1-2H3,(H,25,27). The number of amides is 1. The molecule has 0 atom stereocenters. The highest BCUT2D eigenvalue weighted by molar-refractivity contribution is 7.92. The van der Waals surface area contributed by atoms with Gasteiger partial charge in [0.15, 0.2) is 0 Å². The van der Waals surface area contributed by atoms with Gasteiger partial charge in [0.2, 0.25) is 5.91 Å². The van der Waals surface area contributed by atoms with Crippen molar-refractivity contribution in [2.45, 2.75) is 25.2 Å². The number of para-hydroxylation sites is 2. The first kappa shape index (κ1) is 21.5. The monoisotopic (exact) mass is 426 g/mol. The Hall–Kier alpha value is -3.19. The van der Waals surface area contributed by atoms with Crippen molar-refractivity contribution in [3.05, 3.63) is 89.7 Å². The van der Waals surface area contributed by atoms with Crippen molar-refractivity contribution in [1.29, 1.82) is 0 Å². The van der Waals surface area contributed by atoms with Crippen LogP contribution >= 0.6 is 0 Å². The van der Waals surface area contributed by atoms with E-state index in [0.29, 0.717) is 12.1 Å². The summed E-state index contributed by atoms with van der Waals surface area (Å²) >= 11 is 0. The second-order valence-corrected chi connectivity index (χ2v) is 8.65. The zero-order valence-corrected chi connectivity index (χ0v) is 17.6. The highest BCUT2D eigenvalue weighted by Gasteiger charge is 2.29. The van der Waals surface area contributed by atoms with E-state index in [4.69, 9.17) is 0 Å². The summed E-state index contributed by atoms with van der Waals surface area (Å²) in [7, 11) is -4.16. The van der Waals surface area contributed by atoms with Crippen LogP contribution in [0.15, 0.2) is 77.7 Å². The Balaban J connectivity index is 1.98. The molecule has 0 aliphatic carbocycles. The first-order valence-corrected chi connectivity index (χ1v) is 11.0. The summed E-state index contributed by atoms with van der Waals surface area (Å²) in [5.41, 5.74) is 2.27. The Morgan fingerprint density at radius 3 is 2.30 bits per heavy atom. The average Bonchev–Trinajstić information content (AvgIpc) is 2.74. The van der Waals surface area contributed by atoms with Crippen molar-refractivity contribution >= 4 is 27.3 Å². The summed E-state index contributed by atoms with van der Waals surface area (Å²) < 4.78 is 41.8. The number of carbonyl (C=O) groups excluding carboxylic acids is 1. The molecular weight excluding hydrogens is 403 g/mol. The number of sulfonamides is 1. The summed E-state index contributed by atoms with van der Waals surface area (Å²) in [6.45, 7) is 3.27. The third kappa shape index (κ3) is 4.52. The molecule has 3 aromatic carbocycles. The molecule has 0 aliphatic rings. The van der Waals surface area contributed by atoms with Crippen molar-refractivity contribution in [3.63, 3.8) is 0 Å². The van der Waals surface area contributed by atoms with E-state index in [1.807, 2.05) is 32.0 Å². The Morgan fingerprint density at radius 2 is 1.63 bits per heavy atom. The lowest BCUT2D eigenvalue weighted by Gasteiger charge is -2.25. The van der Waals surface area contributed by atoms with Crippen LogP contribution in [0.25, 0.3) is 0 Å². The maximum absolute atomic E-state index is 14.5. The fourth-order valence-corrected chi connectivity index (χ4v) is 4.63. The van der Waals surface area contributed by atoms with Gasteiger partial charge in [-0.25, -0.2) is 12.8 Å². The van der Waals surface area contributed by atoms with Gasteiger partial charge in [0.25, 0.3) is 10.0 Å². The Kier molecular flexibility index (Phi) is 6.52. The minimum Gasteiger partial charge on any atom is -0.324 e. The summed E-state index contributed by atoms with van der Waals surface area (Å²) in [4.78, 5) is 12.8. The van der Waals surface area contributed by atoms with E-state index >= 15 is 0 Å². The number of hydrogen-bond donors (Lipinski definition) is 1. The molecule has 0 unspecified atom stereocenters. The van der Waals surface area contributed by atoms with E-state index in [1.165, 1.54) is 30.3 Å². The second kappa shape index (κ2) is 9.09. The van der Waals surface area contributed by atoms with Crippen LogP contribution in [0.5, 0.6) is 0 Å². The molecule has 1 N–H and O–H groups in total. The Labute approximate surface area is 176 Å². The largest absolute Gasteiger partial charge is 0.324 e. The molecule has 0 heterocycles. The lowest BCUT2D eigenvalue weighted by molar-refractivity contribution is -0.114. The normalized spacial score (nSPS) is 11.2. The number of nitrogens with one attached hydrogen (secondary N) is 1. The molecular formula is C23H23FN2O3S. The molecule has 0 radical (unpaired) electrons. The molecule has 0 spiro atoms. The predicted molar refractivity (Wildman–Crippen MR) is 117 cm³/mol. The third-order valence-corrected chi connectivity index (χ3v) is 6.52. The maximum Gasteiger partial charge on any atom is 0.264 e. The van der Waals surface area contributed by atoms with Crippen LogP contribution in [0.2, 0.25) is 0 Å². The molecule has 0 bridgehead atoms. The highest BCUT2D eigenvalue weighted by atomic mass is 32.2. The molecule has 0 saturated heterocycles. The van der Waals surface area contributed by atoms with Crippen LogP contribution in [0.3, 0.4) is 0 Å². The smallest absolute Gasteiger partial charge is 0.264 e. The van der Waals surface area contributed by atoms with Crippen molar-refractivity contribution in [2.75, 3.05) is 16.2 Å². The van der Waals surface area contributed by atoms with E-state index < -0.39 is 28.3 Å². The molecule has 7 heteroatoms. The van der Waals surface area contributed by atoms with Crippen LogP contribution in [0, 0.1) is 12.7 Å². The molecule has 0 aliphatic heterocycles. The van der Waals surface area contributed by atoms with Crippen LogP contribution in [-0.2, 0) is 21.2 Å². The van der Waals surface area contributed by atoms with Gasteiger partial charge in [0, 0.05) is 5.69 Å². The van der Waals surface area contributed by atoms with Gasteiger partial charge < -0.3 is 5.32 Å². The van der Waals surface area contributed by atoms with Gasteiger partial charge in [-0.3, -0.25) is 9.10 Å². The molecule has 0 aromatic heterocycles. The molecule has 0 fully saturated rings. The quantitative estimate of drug-likeness (QED) is 0.604. The number of rotatable bonds is 7. The van der Waals surface area contributed by atoms with Gasteiger partial charge in [-0.05, 0) is 48.7 Å². The zero-order chi connectivity index (χ0) is 21.7. The highest BCUT2D eigenvalue weighted by Crippen LogP contribution is 2.27. The van der Waals surface area contributed by atoms with Gasteiger partial charge >= 0.3 is 0 Å². The van der Waals surface area contributed by atoms with Gasteiger partial charge in [-0.1, -0.05) is 55.5 Å². The van der Waals surface area contributed by atoms with Crippen molar-refractivity contribution in [3.8, 4) is 0 Å². The molecule has 30 heavy (non-hydrogen) atoms. The van der Waals surface area contributed by atoms with Crippen LogP contribution in [0.1, 0.15) is 18.1 Å². The summed E-state index contributed by atoms with van der Waals surface area (Å²) in [5, 5.41) is 2.81. The van der Waals surface area contributed by atoms with E-state index in [0.717, 1.165) is 21.5 Å². The van der Waals surface area contributed by atoms with E-state index in [9.17, 15) is 17.6 Å². The minimum atomic E-state index is -4.16. The fourth-order valence-electron chi connectivity index (χ4n) is 3.18. The van der Waals surface area contributed by atoms with Gasteiger partial charge in [-0.15, -0.1) is 0 Å². The summed E-state index contributed by atoms with van der Waals surface area (Å²) in [6, 6.07) is 18.8. The maximum atomic E-state index is 14.5. The number of halogens is 1. The molecule has 3 rings (SSSR count). The van der Waals surface area contributed by atoms with Crippen LogP contribution < -0.4 is 9.62 Å². The van der Waals surface area contributed by atoms with Crippen molar-refractivity contribution in [1.82, 2.24) is 0 Å². The van der Waals surface area contributed by atoms with E-state index in [1.54, 1.807) is 18.2 Å². The topological polar surface area (TPSA) is 66.5 Å². The van der Waals surface area contributed by atoms with Crippen LogP contribution in [0.4, 0.5) is 15.8 Å². The molecule has 1 amide bonds. The third-order valence-electron chi connectivity index (χ3n) is 4.74. The molecule has 5 nitrogen and oxygen atoms in total. The van der Waals surface area contributed by atoms with Crippen molar-refractivity contribution in [2.24, 2.45) is 0 Å². The summed E-state index contributed by atoms with van der Waals surface area (Å²) in [6.07, 6.45) is 0.705. The fraction of sp³-hybridized carbons (Fsp3) is 0.174. The number of nitrogens with zero attached hydrogens (tertiary/aromatic N) is 1. The zero-order valence-electron chi connectivity index (χ0n) is 16.8. The molecule has 0 saturated carbocycles. The number of hydrogen-bond acceptors (Lipinski definition) is 3. The number of aryl methyl sites for hydroxylation is 2. The average molecular weight is 427 g/mol. The number of benzene rings is 3. The SMILES string of the molecule is CCc1cccc(C)c1NC(=O)CN(c1ccccc1F)S(=O)(=O)c1ccccc1. The number of anilines is 2. The second-order valence-electron chi connectivity index (χ2n) is 6.79. The molecule has 156 valence electrons. The van der Waals surface area contributed by atoms with Crippen LogP contribution in [-0.4, -0.2) is 20.9 Å². The minimum absolute atomic E-state index is 0.0220. The van der Waals surface area contributed by atoms with Gasteiger partial charge in [0.05, 0.1) is 10.6 Å². The van der Waals surface area contributed by atoms with Gasteiger partial charge in [0.1, 0.15) is 12.4 Å². The predicted octanol–water partition coefficient (Wildman–Crippen LogP) is 4.53. The van der Waals surface area contributed by atoms with Gasteiger partial charge in [-0.2, -0.15) is 0 Å².